The van der Waals surface area contributed by atoms with E-state index >= 15 is 0 Å². The van der Waals surface area contributed by atoms with E-state index in [9.17, 15) is 0 Å². The predicted molar refractivity (Wildman–Crippen MR) is 77.2 cm³/mol. The van der Waals surface area contributed by atoms with Crippen molar-refractivity contribution in [2.24, 2.45) is 5.73 Å². The van der Waals surface area contributed by atoms with E-state index in [1.807, 2.05) is 49.2 Å². The van der Waals surface area contributed by atoms with Crippen LogP contribution in [0.25, 0.3) is 0 Å². The summed E-state index contributed by atoms with van der Waals surface area (Å²) >= 11 is 5.06. The van der Waals surface area contributed by atoms with Gasteiger partial charge in [0.25, 0.3) is 0 Å². The number of anilines is 2. The molecule has 1 heterocycles. The first-order chi connectivity index (χ1) is 8.59. The highest BCUT2D eigenvalue weighted by atomic mass is 32.1. The maximum absolute atomic E-state index is 5.73. The minimum absolute atomic E-state index is 0.373. The minimum Gasteiger partial charge on any atom is -0.389 e. The molecule has 2 rings (SSSR count). The van der Waals surface area contributed by atoms with Gasteiger partial charge in [0, 0.05) is 12.6 Å². The molecule has 0 aliphatic heterocycles. The summed E-state index contributed by atoms with van der Waals surface area (Å²) in [6.45, 7) is 1.98. The average molecular weight is 258 g/mol. The summed E-state index contributed by atoms with van der Waals surface area (Å²) in [4.78, 5) is 2.30. The first-order valence-corrected chi connectivity index (χ1v) is 5.92. The Balaban J connectivity index is 2.46. The number of benzene rings is 1. The quantitative estimate of drug-likeness (QED) is 0.855. The zero-order chi connectivity index (χ0) is 13.1. The van der Waals surface area contributed by atoms with Crippen LogP contribution in [0.2, 0.25) is 0 Å². The van der Waals surface area contributed by atoms with Crippen LogP contribution in [-0.4, -0.2) is 22.2 Å². The lowest BCUT2D eigenvalue weighted by atomic mass is 10.1. The molecule has 92 valence electrons. The van der Waals surface area contributed by atoms with Gasteiger partial charge in [-0.15, -0.1) is 5.10 Å². The molecule has 0 bridgehead atoms. The van der Waals surface area contributed by atoms with Crippen molar-refractivity contribution in [3.05, 3.63) is 47.7 Å². The molecule has 1 aromatic heterocycles. The van der Waals surface area contributed by atoms with Gasteiger partial charge in [-0.2, -0.15) is 5.10 Å². The summed E-state index contributed by atoms with van der Waals surface area (Å²) in [5, 5.41) is 8.06. The molecule has 0 saturated carbocycles. The van der Waals surface area contributed by atoms with Gasteiger partial charge >= 0.3 is 0 Å². The standard InChI is InChI=1S/C13H14N4S/c1-9-7-12(16-15-8-9)17(2)11-6-4-3-5-10(11)13(14)18/h3-8H,1-2H3,(H2,14,18). The Kier molecular flexibility index (Phi) is 3.53. The Hall–Kier alpha value is -2.01. The van der Waals surface area contributed by atoms with Crippen molar-refractivity contribution in [2.45, 2.75) is 6.92 Å². The van der Waals surface area contributed by atoms with E-state index in [1.165, 1.54) is 0 Å². The Morgan fingerprint density at radius 2 is 2.06 bits per heavy atom. The first-order valence-electron chi connectivity index (χ1n) is 5.51. The van der Waals surface area contributed by atoms with Crippen molar-refractivity contribution in [3.63, 3.8) is 0 Å². The summed E-state index contributed by atoms with van der Waals surface area (Å²) < 4.78 is 0. The molecule has 2 N–H and O–H groups in total. The molecule has 0 atom stereocenters. The van der Waals surface area contributed by atoms with Gasteiger partial charge in [-0.05, 0) is 30.7 Å². The molecule has 2 aromatic rings. The first kappa shape index (κ1) is 12.4. The highest BCUT2D eigenvalue weighted by Gasteiger charge is 2.11. The van der Waals surface area contributed by atoms with Crippen LogP contribution in [0.15, 0.2) is 36.5 Å². The second kappa shape index (κ2) is 5.10. The zero-order valence-corrected chi connectivity index (χ0v) is 11.1. The molecule has 0 spiro atoms. The van der Waals surface area contributed by atoms with Gasteiger partial charge in [-0.25, -0.2) is 0 Å². The number of nitrogens with zero attached hydrogens (tertiary/aromatic N) is 3. The van der Waals surface area contributed by atoms with E-state index in [0.29, 0.717) is 4.99 Å². The van der Waals surface area contributed by atoms with Gasteiger partial charge in [-0.1, -0.05) is 24.4 Å². The smallest absolute Gasteiger partial charge is 0.155 e. The third-order valence-corrected chi connectivity index (χ3v) is 2.87. The fraction of sp³-hybridized carbons (Fsp3) is 0.154. The van der Waals surface area contributed by atoms with Crippen LogP contribution in [0.3, 0.4) is 0 Å². The minimum atomic E-state index is 0.373. The normalized spacial score (nSPS) is 10.1. The highest BCUT2D eigenvalue weighted by molar-refractivity contribution is 7.80. The van der Waals surface area contributed by atoms with Crippen LogP contribution >= 0.6 is 12.2 Å². The molecular formula is C13H14N4S. The number of aryl methyl sites for hydroxylation is 1. The fourth-order valence-corrected chi connectivity index (χ4v) is 1.88. The van der Waals surface area contributed by atoms with Crippen LogP contribution in [0.1, 0.15) is 11.1 Å². The highest BCUT2D eigenvalue weighted by Crippen LogP contribution is 2.25. The molecule has 0 amide bonds. The summed E-state index contributed by atoms with van der Waals surface area (Å²) in [6, 6.07) is 9.67. The van der Waals surface area contributed by atoms with Crippen molar-refractivity contribution >= 4 is 28.7 Å². The van der Waals surface area contributed by atoms with E-state index in [2.05, 4.69) is 10.2 Å². The van der Waals surface area contributed by atoms with Gasteiger partial charge in [0.1, 0.15) is 4.99 Å². The SMILES string of the molecule is Cc1cnnc(N(C)c2ccccc2C(N)=S)c1. The molecule has 5 heteroatoms. The summed E-state index contributed by atoms with van der Waals surface area (Å²) in [7, 11) is 1.92. The van der Waals surface area contributed by atoms with Gasteiger partial charge in [0.15, 0.2) is 5.82 Å². The molecule has 0 aliphatic carbocycles. The van der Waals surface area contributed by atoms with Crippen LogP contribution in [0, 0.1) is 6.92 Å². The van der Waals surface area contributed by atoms with E-state index in [1.54, 1.807) is 6.20 Å². The number of para-hydroxylation sites is 1. The van der Waals surface area contributed by atoms with Gasteiger partial charge in [0.2, 0.25) is 0 Å². The maximum atomic E-state index is 5.73. The van der Waals surface area contributed by atoms with Crippen molar-refractivity contribution in [2.75, 3.05) is 11.9 Å². The van der Waals surface area contributed by atoms with Crippen molar-refractivity contribution < 1.29 is 0 Å². The third kappa shape index (κ3) is 2.46. The molecule has 18 heavy (non-hydrogen) atoms. The molecule has 4 nitrogen and oxygen atoms in total. The van der Waals surface area contributed by atoms with Crippen molar-refractivity contribution in [1.82, 2.24) is 10.2 Å². The number of aromatic nitrogens is 2. The number of hydrogen-bond donors (Lipinski definition) is 1. The summed E-state index contributed by atoms with van der Waals surface area (Å²) in [6.07, 6.45) is 1.72. The third-order valence-electron chi connectivity index (χ3n) is 2.65. The van der Waals surface area contributed by atoms with Crippen LogP contribution < -0.4 is 10.6 Å². The van der Waals surface area contributed by atoms with Gasteiger partial charge < -0.3 is 10.6 Å². The number of rotatable bonds is 3. The van der Waals surface area contributed by atoms with E-state index in [4.69, 9.17) is 18.0 Å². The maximum Gasteiger partial charge on any atom is 0.155 e. The Labute approximate surface area is 111 Å². The number of nitrogens with two attached hydrogens (primary N) is 1. The Morgan fingerprint density at radius 3 is 2.72 bits per heavy atom. The number of thiocarbonyl (C=S) groups is 1. The topological polar surface area (TPSA) is 55.0 Å². The zero-order valence-electron chi connectivity index (χ0n) is 10.3. The van der Waals surface area contributed by atoms with Gasteiger partial charge in [0.05, 0.1) is 11.9 Å². The van der Waals surface area contributed by atoms with Crippen LogP contribution in [0.4, 0.5) is 11.5 Å². The van der Waals surface area contributed by atoms with Crippen molar-refractivity contribution in [3.8, 4) is 0 Å². The molecule has 0 fully saturated rings. The lowest BCUT2D eigenvalue weighted by molar-refractivity contribution is 0.975. The monoisotopic (exact) mass is 258 g/mol. The predicted octanol–water partition coefficient (Wildman–Crippen LogP) is 2.19. The van der Waals surface area contributed by atoms with Crippen LogP contribution in [-0.2, 0) is 0 Å². The van der Waals surface area contributed by atoms with E-state index in [-0.39, 0.29) is 0 Å². The largest absolute Gasteiger partial charge is 0.389 e. The fourth-order valence-electron chi connectivity index (χ4n) is 1.71. The molecule has 0 radical (unpaired) electrons. The van der Waals surface area contributed by atoms with Crippen molar-refractivity contribution in [1.29, 1.82) is 0 Å². The molecule has 0 unspecified atom stereocenters. The molecule has 1 aromatic carbocycles. The lowest BCUT2D eigenvalue weighted by Gasteiger charge is -2.20. The molecule has 0 saturated heterocycles. The second-order valence-electron chi connectivity index (χ2n) is 4.03. The van der Waals surface area contributed by atoms with E-state index in [0.717, 1.165) is 22.6 Å². The second-order valence-corrected chi connectivity index (χ2v) is 4.47. The Morgan fingerprint density at radius 1 is 1.33 bits per heavy atom. The molecular weight excluding hydrogens is 244 g/mol. The Bertz CT molecular complexity index is 583. The van der Waals surface area contributed by atoms with Gasteiger partial charge in [-0.3, -0.25) is 0 Å². The summed E-state index contributed by atoms with van der Waals surface area (Å²) in [5.41, 5.74) is 8.54. The lowest BCUT2D eigenvalue weighted by Crippen LogP contribution is -2.18. The van der Waals surface area contributed by atoms with E-state index < -0.39 is 0 Å². The van der Waals surface area contributed by atoms with Crippen LogP contribution in [0.5, 0.6) is 0 Å². The number of hydrogen-bond acceptors (Lipinski definition) is 4. The average Bonchev–Trinajstić information content (AvgIpc) is 2.38. The molecule has 0 aliphatic rings. The summed E-state index contributed by atoms with van der Waals surface area (Å²) in [5.74, 6) is 0.763.